The minimum Gasteiger partial charge on any atom is -0.299 e. The summed E-state index contributed by atoms with van der Waals surface area (Å²) in [5.41, 5.74) is 2.97. The van der Waals surface area contributed by atoms with Crippen molar-refractivity contribution in [3.05, 3.63) is 15.9 Å². The third-order valence-corrected chi connectivity index (χ3v) is 5.87. The zero-order valence-corrected chi connectivity index (χ0v) is 12.8. The van der Waals surface area contributed by atoms with Crippen LogP contribution >= 0.6 is 15.9 Å². The summed E-state index contributed by atoms with van der Waals surface area (Å²) in [6, 6.07) is 0. The van der Waals surface area contributed by atoms with E-state index in [1.165, 1.54) is 11.3 Å². The van der Waals surface area contributed by atoms with E-state index in [9.17, 15) is 4.79 Å². The zero-order valence-electron chi connectivity index (χ0n) is 11.2. The highest BCUT2D eigenvalue weighted by Gasteiger charge is 2.53. The molecule has 2 aliphatic carbocycles. The smallest absolute Gasteiger partial charge is 0.217 e. The van der Waals surface area contributed by atoms with Crippen molar-refractivity contribution in [1.29, 1.82) is 0 Å². The van der Waals surface area contributed by atoms with Crippen LogP contribution in [0.15, 0.2) is 4.60 Å². The molecule has 0 bridgehead atoms. The fourth-order valence-electron chi connectivity index (χ4n) is 4.27. The van der Waals surface area contributed by atoms with Crippen LogP contribution in [0.4, 0.5) is 0 Å². The number of H-pyrrole nitrogens is 1. The Morgan fingerprint density at radius 3 is 2.89 bits per heavy atom. The molecule has 98 valence electrons. The van der Waals surface area contributed by atoms with E-state index in [2.05, 4.69) is 46.6 Å². The van der Waals surface area contributed by atoms with E-state index in [1.807, 2.05) is 0 Å². The number of hydrogen-bond donors (Lipinski definition) is 1. The van der Waals surface area contributed by atoms with Crippen molar-refractivity contribution in [2.45, 2.75) is 44.9 Å². The molecule has 1 heterocycles. The third-order valence-electron chi connectivity index (χ3n) is 5.22. The molecule has 4 heteroatoms. The lowest BCUT2D eigenvalue weighted by molar-refractivity contribution is -0.738. The number of ketones is 1. The van der Waals surface area contributed by atoms with Crippen LogP contribution in [0.1, 0.15) is 44.4 Å². The van der Waals surface area contributed by atoms with Crippen LogP contribution in [0.2, 0.25) is 0 Å². The Hall–Kier alpha value is -0.640. The highest BCUT2D eigenvalue weighted by molar-refractivity contribution is 9.10. The first kappa shape index (κ1) is 12.4. The van der Waals surface area contributed by atoms with Crippen molar-refractivity contribution in [2.24, 2.45) is 18.9 Å². The molecule has 18 heavy (non-hydrogen) atoms. The molecule has 0 spiro atoms. The van der Waals surface area contributed by atoms with Gasteiger partial charge in [-0.1, -0.05) is 6.92 Å². The van der Waals surface area contributed by atoms with Gasteiger partial charge in [-0.3, -0.25) is 4.79 Å². The Balaban J connectivity index is 2.14. The van der Waals surface area contributed by atoms with Gasteiger partial charge in [0.05, 0.1) is 11.0 Å². The number of fused-ring (bicyclic) bond motifs is 3. The summed E-state index contributed by atoms with van der Waals surface area (Å²) in [5, 5.41) is 3.35. The predicted molar refractivity (Wildman–Crippen MR) is 72.2 cm³/mol. The molecule has 3 nitrogen and oxygen atoms in total. The number of aromatic nitrogens is 2. The van der Waals surface area contributed by atoms with Crippen molar-refractivity contribution in [3.63, 3.8) is 0 Å². The zero-order chi connectivity index (χ0) is 13.1. The second-order valence-electron chi connectivity index (χ2n) is 6.13. The molecule has 1 aromatic heterocycles. The average Bonchev–Trinajstić information content (AvgIpc) is 2.61. The number of carbonyl (C=O) groups is 1. The summed E-state index contributed by atoms with van der Waals surface area (Å²) in [6.45, 7) is 4.47. The summed E-state index contributed by atoms with van der Waals surface area (Å²) in [6.07, 6.45) is 3.93. The van der Waals surface area contributed by atoms with Crippen LogP contribution in [0.25, 0.3) is 0 Å². The Morgan fingerprint density at radius 2 is 2.17 bits per heavy atom. The molecule has 0 aromatic carbocycles. The lowest BCUT2D eigenvalue weighted by atomic mass is 9.56. The van der Waals surface area contributed by atoms with E-state index in [0.717, 1.165) is 30.3 Å². The largest absolute Gasteiger partial charge is 0.299 e. The van der Waals surface area contributed by atoms with Crippen molar-refractivity contribution in [3.8, 4) is 0 Å². The van der Waals surface area contributed by atoms with E-state index in [1.54, 1.807) is 0 Å². The van der Waals surface area contributed by atoms with Crippen LogP contribution in [-0.2, 0) is 23.7 Å². The summed E-state index contributed by atoms with van der Waals surface area (Å²) in [5.74, 6) is 1.17. The highest BCUT2D eigenvalue weighted by atomic mass is 79.9. The number of aromatic amines is 1. The average molecular weight is 312 g/mol. The number of halogens is 1. The molecule has 1 N–H and O–H groups in total. The van der Waals surface area contributed by atoms with E-state index >= 15 is 0 Å². The number of nitrogens with zero attached hydrogens (tertiary/aromatic N) is 1. The van der Waals surface area contributed by atoms with Crippen molar-refractivity contribution >= 4 is 21.7 Å². The van der Waals surface area contributed by atoms with Crippen LogP contribution in [-0.4, -0.2) is 10.9 Å². The SMILES string of the molecule is C[C@@H]1C(=O)CC[C@]2(C)c3c(c(Br)[nH][n+]3C)CC[C@@H]12. The maximum Gasteiger partial charge on any atom is 0.217 e. The first-order valence-electron chi connectivity index (χ1n) is 6.74. The Kier molecular flexibility index (Phi) is 2.70. The first-order chi connectivity index (χ1) is 8.45. The lowest BCUT2D eigenvalue weighted by Gasteiger charge is -2.44. The van der Waals surface area contributed by atoms with Gasteiger partial charge in [-0.15, -0.1) is 4.68 Å². The topological polar surface area (TPSA) is 36.7 Å². The van der Waals surface area contributed by atoms with Gasteiger partial charge in [0.25, 0.3) is 0 Å². The van der Waals surface area contributed by atoms with Gasteiger partial charge < -0.3 is 0 Å². The summed E-state index contributed by atoms with van der Waals surface area (Å²) >= 11 is 3.63. The van der Waals surface area contributed by atoms with Crippen LogP contribution < -0.4 is 4.68 Å². The van der Waals surface area contributed by atoms with E-state index in [0.29, 0.717) is 11.7 Å². The van der Waals surface area contributed by atoms with Gasteiger partial charge >= 0.3 is 0 Å². The van der Waals surface area contributed by atoms with Gasteiger partial charge in [-0.25, -0.2) is 0 Å². The first-order valence-corrected chi connectivity index (χ1v) is 7.54. The number of nitrogens with one attached hydrogen (secondary N) is 1. The van der Waals surface area contributed by atoms with Crippen LogP contribution in [0.5, 0.6) is 0 Å². The van der Waals surface area contributed by atoms with Gasteiger partial charge in [0.1, 0.15) is 10.4 Å². The molecule has 3 rings (SSSR count). The minimum atomic E-state index is 0.151. The Morgan fingerprint density at radius 1 is 1.44 bits per heavy atom. The molecule has 1 saturated carbocycles. The molecule has 0 unspecified atom stereocenters. The maximum atomic E-state index is 12.0. The van der Waals surface area contributed by atoms with E-state index in [-0.39, 0.29) is 11.3 Å². The van der Waals surface area contributed by atoms with Gasteiger partial charge in [0.2, 0.25) is 5.69 Å². The van der Waals surface area contributed by atoms with Crippen molar-refractivity contribution < 1.29 is 9.48 Å². The number of hydrogen-bond acceptors (Lipinski definition) is 1. The molecule has 0 radical (unpaired) electrons. The van der Waals surface area contributed by atoms with Crippen LogP contribution in [0.3, 0.4) is 0 Å². The maximum absolute atomic E-state index is 12.0. The summed E-state index contributed by atoms with van der Waals surface area (Å²) in [4.78, 5) is 12.0. The molecule has 0 saturated heterocycles. The number of Topliss-reactive ketones (excluding diaryl/α,β-unsaturated/α-hetero) is 1. The second kappa shape index (κ2) is 3.92. The second-order valence-corrected chi connectivity index (χ2v) is 6.92. The van der Waals surface area contributed by atoms with E-state index in [4.69, 9.17) is 0 Å². The summed E-state index contributed by atoms with van der Waals surface area (Å²) in [7, 11) is 2.08. The van der Waals surface area contributed by atoms with E-state index < -0.39 is 0 Å². The number of carbonyl (C=O) groups excluding carboxylic acids is 1. The quantitative estimate of drug-likeness (QED) is 0.734. The third kappa shape index (κ3) is 1.47. The molecule has 1 aromatic rings. The predicted octanol–water partition coefficient (Wildman–Crippen LogP) is 2.42. The molecule has 3 atom stereocenters. The fourth-order valence-corrected chi connectivity index (χ4v) is 4.92. The molecule has 0 aliphatic heterocycles. The summed E-state index contributed by atoms with van der Waals surface area (Å²) < 4.78 is 3.26. The minimum absolute atomic E-state index is 0.151. The molecule has 0 amide bonds. The lowest BCUT2D eigenvalue weighted by Crippen LogP contribution is -2.53. The highest BCUT2D eigenvalue weighted by Crippen LogP contribution is 2.50. The number of aryl methyl sites for hydroxylation is 1. The van der Waals surface area contributed by atoms with Gasteiger partial charge in [-0.05, 0) is 48.0 Å². The van der Waals surface area contributed by atoms with Gasteiger partial charge in [0.15, 0.2) is 7.05 Å². The van der Waals surface area contributed by atoms with Crippen LogP contribution in [0, 0.1) is 11.8 Å². The Labute approximate surface area is 116 Å². The molecular weight excluding hydrogens is 292 g/mol. The van der Waals surface area contributed by atoms with Crippen molar-refractivity contribution in [2.75, 3.05) is 0 Å². The van der Waals surface area contributed by atoms with Crippen molar-refractivity contribution in [1.82, 2.24) is 5.10 Å². The Bertz CT molecular complexity index is 522. The fraction of sp³-hybridized carbons (Fsp3) is 0.714. The molecule has 1 fully saturated rings. The molecular formula is C14H20BrN2O+. The van der Waals surface area contributed by atoms with Gasteiger partial charge in [-0.2, -0.15) is 5.10 Å². The number of rotatable bonds is 0. The van der Waals surface area contributed by atoms with Gasteiger partial charge in [0, 0.05) is 12.3 Å². The standard InChI is InChI=1S/C14H19BrN2O/c1-8-10-5-4-9-12(17(3)16-13(9)15)14(10,2)7-6-11(8)18/h8,10H,4-7H2,1-3H3/p+1/t8-,10-,14-/m0/s1. The molecule has 2 aliphatic rings. The monoisotopic (exact) mass is 311 g/mol. The normalized spacial score (nSPS) is 35.2.